The van der Waals surface area contributed by atoms with Crippen LogP contribution in [0.1, 0.15) is 16.3 Å². The van der Waals surface area contributed by atoms with Gasteiger partial charge in [0.25, 0.3) is 0 Å². The molecule has 0 bridgehead atoms. The molecule has 2 aromatic rings. The average molecular weight is 286 g/mol. The lowest BCUT2D eigenvalue weighted by atomic mass is 10.2. The number of nitrogen functional groups attached to an aromatic ring is 1. The first-order valence-electron chi connectivity index (χ1n) is 5.86. The number of allylic oxidation sites excluding steroid dienone is 1. The summed E-state index contributed by atoms with van der Waals surface area (Å²) in [6.07, 6.45) is 1.77. The highest BCUT2D eigenvalue weighted by molar-refractivity contribution is 7.11. The minimum Gasteiger partial charge on any atom is -0.368 e. The van der Waals surface area contributed by atoms with E-state index in [-0.39, 0.29) is 11.8 Å². The second kappa shape index (κ2) is 5.67. The zero-order valence-corrected chi connectivity index (χ0v) is 12.3. The van der Waals surface area contributed by atoms with E-state index >= 15 is 0 Å². The van der Waals surface area contributed by atoms with Crippen LogP contribution in [-0.4, -0.2) is 29.0 Å². The molecule has 6 nitrogen and oxygen atoms in total. The van der Waals surface area contributed by atoms with E-state index in [1.165, 1.54) is 0 Å². The highest BCUT2D eigenvalue weighted by Gasteiger charge is 2.11. The maximum atomic E-state index is 9.32. The Hall–Kier alpha value is -2.46. The van der Waals surface area contributed by atoms with Crippen molar-refractivity contribution in [1.29, 1.82) is 5.26 Å². The summed E-state index contributed by atoms with van der Waals surface area (Å²) < 4.78 is 0. The number of aryl methyl sites for hydroxylation is 1. The van der Waals surface area contributed by atoms with Gasteiger partial charge in [0.15, 0.2) is 5.82 Å². The monoisotopic (exact) mass is 286 g/mol. The number of rotatable bonds is 3. The molecule has 0 saturated heterocycles. The third kappa shape index (κ3) is 2.92. The summed E-state index contributed by atoms with van der Waals surface area (Å²) >= 11 is 1.56. The summed E-state index contributed by atoms with van der Waals surface area (Å²) in [4.78, 5) is 15.0. The molecule has 0 fully saturated rings. The number of nitrogens with two attached hydrogens (primary N) is 1. The van der Waals surface area contributed by atoms with Crippen LogP contribution in [0.25, 0.3) is 11.6 Å². The Morgan fingerprint density at radius 1 is 1.40 bits per heavy atom. The van der Waals surface area contributed by atoms with Gasteiger partial charge in [-0.25, -0.2) is 0 Å². The summed E-state index contributed by atoms with van der Waals surface area (Å²) in [5, 5.41) is 11.3. The van der Waals surface area contributed by atoms with Gasteiger partial charge in [0.2, 0.25) is 11.9 Å². The van der Waals surface area contributed by atoms with Crippen molar-refractivity contribution >= 4 is 34.9 Å². The van der Waals surface area contributed by atoms with Crippen molar-refractivity contribution in [3.8, 4) is 6.07 Å². The molecule has 0 spiro atoms. The maximum Gasteiger partial charge on any atom is 0.230 e. The summed E-state index contributed by atoms with van der Waals surface area (Å²) in [5.41, 5.74) is 7.15. The van der Waals surface area contributed by atoms with Crippen molar-refractivity contribution in [2.24, 2.45) is 0 Å². The number of anilines is 2. The van der Waals surface area contributed by atoms with E-state index in [1.807, 2.05) is 18.4 Å². The van der Waals surface area contributed by atoms with Gasteiger partial charge >= 0.3 is 0 Å². The van der Waals surface area contributed by atoms with Gasteiger partial charge in [-0.15, -0.1) is 11.3 Å². The molecule has 0 aliphatic heterocycles. The molecule has 2 aromatic heterocycles. The quantitative estimate of drug-likeness (QED) is 0.867. The summed E-state index contributed by atoms with van der Waals surface area (Å²) in [7, 11) is 3.61. The van der Waals surface area contributed by atoms with E-state index in [0.29, 0.717) is 11.5 Å². The van der Waals surface area contributed by atoms with Gasteiger partial charge in [-0.3, -0.25) is 0 Å². The number of nitrogens with zero attached hydrogens (tertiary/aromatic N) is 5. The highest BCUT2D eigenvalue weighted by atomic mass is 32.1. The van der Waals surface area contributed by atoms with Gasteiger partial charge in [0.05, 0.1) is 5.57 Å². The second-order valence-electron chi connectivity index (χ2n) is 4.35. The van der Waals surface area contributed by atoms with Crippen molar-refractivity contribution in [2.45, 2.75) is 6.92 Å². The fourth-order valence-corrected chi connectivity index (χ4v) is 2.37. The third-order valence-electron chi connectivity index (χ3n) is 2.58. The molecule has 0 aliphatic carbocycles. The van der Waals surface area contributed by atoms with Crippen LogP contribution in [0.3, 0.4) is 0 Å². The summed E-state index contributed by atoms with van der Waals surface area (Å²) in [6.45, 7) is 1.99. The minimum atomic E-state index is 0.0998. The van der Waals surface area contributed by atoms with E-state index < -0.39 is 0 Å². The van der Waals surface area contributed by atoms with E-state index in [0.717, 1.165) is 10.4 Å². The van der Waals surface area contributed by atoms with E-state index in [4.69, 9.17) is 5.73 Å². The molecule has 2 heterocycles. The lowest BCUT2D eigenvalue weighted by Gasteiger charge is -2.10. The lowest BCUT2D eigenvalue weighted by molar-refractivity contribution is 0.952. The molecule has 20 heavy (non-hydrogen) atoms. The largest absolute Gasteiger partial charge is 0.368 e. The summed E-state index contributed by atoms with van der Waals surface area (Å²) in [5.74, 6) is 0.816. The minimum absolute atomic E-state index is 0.0998. The maximum absolute atomic E-state index is 9.32. The van der Waals surface area contributed by atoms with Crippen LogP contribution in [0, 0.1) is 18.3 Å². The number of hydrogen-bond donors (Lipinski definition) is 1. The Bertz CT molecular complexity index is 695. The molecule has 0 saturated carbocycles. The van der Waals surface area contributed by atoms with Gasteiger partial charge in [-0.1, -0.05) is 0 Å². The zero-order chi connectivity index (χ0) is 14.7. The third-order valence-corrected chi connectivity index (χ3v) is 3.55. The number of thiophene rings is 1. The zero-order valence-electron chi connectivity index (χ0n) is 11.5. The molecule has 0 aromatic carbocycles. The molecule has 0 atom stereocenters. The van der Waals surface area contributed by atoms with E-state index in [1.54, 1.807) is 36.4 Å². The topological polar surface area (TPSA) is 91.7 Å². The first-order valence-corrected chi connectivity index (χ1v) is 6.74. The average Bonchev–Trinajstić information content (AvgIpc) is 2.80. The first-order chi connectivity index (χ1) is 9.51. The molecule has 2 rings (SSSR count). The van der Waals surface area contributed by atoms with Crippen molar-refractivity contribution in [3.05, 3.63) is 27.7 Å². The van der Waals surface area contributed by atoms with Crippen molar-refractivity contribution < 1.29 is 0 Å². The van der Waals surface area contributed by atoms with Crippen LogP contribution in [0.4, 0.5) is 11.9 Å². The molecule has 102 valence electrons. The number of aromatic nitrogens is 3. The Kier molecular flexibility index (Phi) is 3.96. The van der Waals surface area contributed by atoms with Crippen LogP contribution >= 0.6 is 11.3 Å². The molecular weight excluding hydrogens is 272 g/mol. The Balaban J connectivity index is 2.51. The van der Waals surface area contributed by atoms with Crippen LogP contribution in [0.2, 0.25) is 0 Å². The molecule has 0 unspecified atom stereocenters. The van der Waals surface area contributed by atoms with Crippen molar-refractivity contribution in [2.75, 3.05) is 24.7 Å². The Morgan fingerprint density at radius 2 is 2.15 bits per heavy atom. The smallest absolute Gasteiger partial charge is 0.230 e. The second-order valence-corrected chi connectivity index (χ2v) is 5.30. The van der Waals surface area contributed by atoms with E-state index in [9.17, 15) is 5.26 Å². The molecule has 2 N–H and O–H groups in total. The fraction of sp³-hybridized carbons (Fsp3) is 0.231. The van der Waals surface area contributed by atoms with Crippen molar-refractivity contribution in [1.82, 2.24) is 15.0 Å². The molecule has 7 heteroatoms. The fourth-order valence-electron chi connectivity index (χ4n) is 1.51. The van der Waals surface area contributed by atoms with Crippen molar-refractivity contribution in [3.63, 3.8) is 0 Å². The predicted molar refractivity (Wildman–Crippen MR) is 81.1 cm³/mol. The lowest BCUT2D eigenvalue weighted by Crippen LogP contribution is -2.15. The molecule has 0 amide bonds. The predicted octanol–water partition coefficient (Wildman–Crippen LogP) is 1.95. The van der Waals surface area contributed by atoms with E-state index in [2.05, 4.69) is 21.0 Å². The number of hydrogen-bond acceptors (Lipinski definition) is 7. The van der Waals surface area contributed by atoms with Crippen LogP contribution in [-0.2, 0) is 0 Å². The number of nitriles is 1. The van der Waals surface area contributed by atoms with Crippen LogP contribution in [0.5, 0.6) is 0 Å². The first kappa shape index (κ1) is 14.0. The highest BCUT2D eigenvalue weighted by Crippen LogP contribution is 2.22. The Morgan fingerprint density at radius 3 is 2.70 bits per heavy atom. The van der Waals surface area contributed by atoms with Gasteiger partial charge in [-0.2, -0.15) is 20.2 Å². The van der Waals surface area contributed by atoms with Gasteiger partial charge < -0.3 is 10.6 Å². The standard InChI is InChI=1S/C13H14N6S/c1-8-4-5-20-10(8)6-9(7-14)11-16-12(15)18-13(17-11)19(2)3/h4-6H,1-3H3,(H2,15,16,17,18)/b9-6+. The van der Waals surface area contributed by atoms with Crippen LogP contribution in [0.15, 0.2) is 11.4 Å². The van der Waals surface area contributed by atoms with Gasteiger partial charge in [-0.05, 0) is 30.0 Å². The van der Waals surface area contributed by atoms with Gasteiger partial charge in [0, 0.05) is 19.0 Å². The SMILES string of the molecule is Cc1ccsc1/C=C(\C#N)c1nc(N)nc(N(C)C)n1. The molecule has 0 radical (unpaired) electrons. The summed E-state index contributed by atoms with van der Waals surface area (Å²) in [6, 6.07) is 4.12. The normalized spacial score (nSPS) is 11.2. The van der Waals surface area contributed by atoms with Crippen LogP contribution < -0.4 is 10.6 Å². The van der Waals surface area contributed by atoms with Gasteiger partial charge in [0.1, 0.15) is 6.07 Å². The Labute approximate surface area is 121 Å². The molecule has 0 aliphatic rings. The molecular formula is C13H14N6S.